The Labute approximate surface area is 126 Å². The van der Waals surface area contributed by atoms with Crippen LogP contribution in [0.4, 0.5) is 0 Å². The summed E-state index contributed by atoms with van der Waals surface area (Å²) in [4.78, 5) is 0. The summed E-state index contributed by atoms with van der Waals surface area (Å²) in [5, 5.41) is 20.0. The quantitative estimate of drug-likeness (QED) is 0.600. The SMILES string of the molecule is C[C@]12CC[C@@]3(N)C(=C1C[C@@H](O)C2)CCC1=CC(O)CC[C@@H]13. The van der Waals surface area contributed by atoms with E-state index in [1.54, 1.807) is 0 Å². The largest absolute Gasteiger partial charge is 0.393 e. The molecular weight excluding hydrogens is 262 g/mol. The molecule has 4 aliphatic rings. The van der Waals surface area contributed by atoms with E-state index in [4.69, 9.17) is 5.73 Å². The Balaban J connectivity index is 1.79. The molecule has 4 rings (SSSR count). The van der Waals surface area contributed by atoms with Gasteiger partial charge in [0, 0.05) is 11.5 Å². The lowest BCUT2D eigenvalue weighted by Gasteiger charge is -2.53. The van der Waals surface area contributed by atoms with Crippen molar-refractivity contribution in [3.63, 3.8) is 0 Å². The highest BCUT2D eigenvalue weighted by Crippen LogP contribution is 2.59. The molecule has 0 aromatic rings. The van der Waals surface area contributed by atoms with Gasteiger partial charge in [-0.05, 0) is 62.4 Å². The second kappa shape index (κ2) is 4.43. The van der Waals surface area contributed by atoms with Crippen LogP contribution >= 0.6 is 0 Å². The van der Waals surface area contributed by atoms with Crippen molar-refractivity contribution in [3.05, 3.63) is 22.8 Å². The third kappa shape index (κ3) is 1.90. The molecule has 4 N–H and O–H groups in total. The summed E-state index contributed by atoms with van der Waals surface area (Å²) in [5.74, 6) is 0.416. The maximum Gasteiger partial charge on any atom is 0.0723 e. The maximum atomic E-state index is 10.1. The van der Waals surface area contributed by atoms with Crippen molar-refractivity contribution >= 4 is 0 Å². The van der Waals surface area contributed by atoms with Crippen molar-refractivity contribution in [1.82, 2.24) is 0 Å². The fourth-order valence-electron chi connectivity index (χ4n) is 5.71. The summed E-state index contributed by atoms with van der Waals surface area (Å²) in [7, 11) is 0. The first-order valence-corrected chi connectivity index (χ1v) is 8.51. The van der Waals surface area contributed by atoms with Crippen LogP contribution < -0.4 is 5.73 Å². The molecule has 2 fully saturated rings. The van der Waals surface area contributed by atoms with Gasteiger partial charge in [0.05, 0.1) is 12.2 Å². The van der Waals surface area contributed by atoms with E-state index in [1.807, 2.05) is 0 Å². The van der Waals surface area contributed by atoms with Gasteiger partial charge in [0.15, 0.2) is 0 Å². The van der Waals surface area contributed by atoms with Crippen molar-refractivity contribution in [2.75, 3.05) is 0 Å². The van der Waals surface area contributed by atoms with Gasteiger partial charge < -0.3 is 15.9 Å². The number of nitrogens with two attached hydrogens (primary N) is 1. The molecule has 0 aliphatic heterocycles. The molecule has 3 nitrogen and oxygen atoms in total. The Morgan fingerprint density at radius 2 is 1.95 bits per heavy atom. The zero-order chi connectivity index (χ0) is 14.8. The Morgan fingerprint density at radius 1 is 1.14 bits per heavy atom. The standard InChI is InChI=1S/C18H27NO2/c1-17-6-7-18(19)14-5-3-12(20)8-11(14)2-4-15(18)16(17)9-13(21)10-17/h8,12-14,20-21H,2-7,9-10,19H2,1H3/t12?,13-,14+,17-,18+/m1/s1. The molecule has 0 aromatic carbocycles. The molecule has 1 unspecified atom stereocenters. The third-order valence-corrected chi connectivity index (χ3v) is 6.76. The highest BCUT2D eigenvalue weighted by atomic mass is 16.3. The normalized spacial score (nSPS) is 49.3. The maximum absolute atomic E-state index is 10.1. The van der Waals surface area contributed by atoms with E-state index in [1.165, 1.54) is 16.7 Å². The van der Waals surface area contributed by atoms with Gasteiger partial charge in [-0.3, -0.25) is 0 Å². The summed E-state index contributed by atoms with van der Waals surface area (Å²) in [6, 6.07) is 0. The zero-order valence-electron chi connectivity index (χ0n) is 12.9. The number of rotatable bonds is 0. The number of hydrogen-bond donors (Lipinski definition) is 3. The van der Waals surface area contributed by atoms with Crippen LogP contribution in [0.2, 0.25) is 0 Å². The first-order chi connectivity index (χ1) is 9.92. The molecular formula is C18H27NO2. The van der Waals surface area contributed by atoms with Gasteiger partial charge in [-0.1, -0.05) is 24.1 Å². The number of hydrogen-bond acceptors (Lipinski definition) is 3. The molecule has 0 aromatic heterocycles. The molecule has 0 radical (unpaired) electrons. The number of fused-ring (bicyclic) bond motifs is 4. The Bertz CT molecular complexity index is 537. The van der Waals surface area contributed by atoms with Crippen LogP contribution in [0, 0.1) is 11.3 Å². The first-order valence-electron chi connectivity index (χ1n) is 8.51. The molecule has 21 heavy (non-hydrogen) atoms. The van der Waals surface area contributed by atoms with Gasteiger partial charge >= 0.3 is 0 Å². The van der Waals surface area contributed by atoms with Crippen LogP contribution in [0.25, 0.3) is 0 Å². The topological polar surface area (TPSA) is 66.5 Å². The van der Waals surface area contributed by atoms with Gasteiger partial charge in [0.2, 0.25) is 0 Å². The van der Waals surface area contributed by atoms with Crippen molar-refractivity contribution in [3.8, 4) is 0 Å². The van der Waals surface area contributed by atoms with E-state index in [9.17, 15) is 10.2 Å². The van der Waals surface area contributed by atoms with E-state index in [2.05, 4.69) is 13.0 Å². The fraction of sp³-hybridized carbons (Fsp3) is 0.778. The minimum atomic E-state index is -0.267. The van der Waals surface area contributed by atoms with Gasteiger partial charge in [-0.15, -0.1) is 0 Å². The van der Waals surface area contributed by atoms with E-state index >= 15 is 0 Å². The summed E-state index contributed by atoms with van der Waals surface area (Å²) >= 11 is 0. The van der Waals surface area contributed by atoms with Gasteiger partial charge in [0.1, 0.15) is 0 Å². The zero-order valence-corrected chi connectivity index (χ0v) is 12.9. The molecule has 2 saturated carbocycles. The average molecular weight is 289 g/mol. The molecule has 0 heterocycles. The summed E-state index contributed by atoms with van der Waals surface area (Å²) in [6.45, 7) is 2.32. The van der Waals surface area contributed by atoms with Gasteiger partial charge in [-0.2, -0.15) is 0 Å². The fourth-order valence-corrected chi connectivity index (χ4v) is 5.71. The Hall–Kier alpha value is -0.640. The molecule has 5 atom stereocenters. The Kier molecular flexibility index (Phi) is 2.95. The molecule has 0 amide bonds. The minimum Gasteiger partial charge on any atom is -0.393 e. The monoisotopic (exact) mass is 289 g/mol. The smallest absolute Gasteiger partial charge is 0.0723 e. The Morgan fingerprint density at radius 3 is 2.76 bits per heavy atom. The molecule has 0 saturated heterocycles. The van der Waals surface area contributed by atoms with Crippen LogP contribution in [0.3, 0.4) is 0 Å². The summed E-state index contributed by atoms with van der Waals surface area (Å²) < 4.78 is 0. The third-order valence-electron chi connectivity index (χ3n) is 6.76. The molecule has 116 valence electrons. The van der Waals surface area contributed by atoms with Crippen molar-refractivity contribution in [1.29, 1.82) is 0 Å². The van der Waals surface area contributed by atoms with Crippen molar-refractivity contribution in [2.45, 2.75) is 76.0 Å². The lowest BCUT2D eigenvalue weighted by Crippen LogP contribution is -2.56. The lowest BCUT2D eigenvalue weighted by atomic mass is 9.55. The molecule has 0 spiro atoms. The van der Waals surface area contributed by atoms with E-state index in [-0.39, 0.29) is 23.2 Å². The molecule has 4 aliphatic carbocycles. The van der Waals surface area contributed by atoms with Gasteiger partial charge in [-0.25, -0.2) is 0 Å². The second-order valence-electron chi connectivity index (χ2n) is 8.06. The minimum absolute atomic E-state index is 0.176. The van der Waals surface area contributed by atoms with Crippen molar-refractivity contribution < 1.29 is 10.2 Å². The predicted molar refractivity (Wildman–Crippen MR) is 82.6 cm³/mol. The highest BCUT2D eigenvalue weighted by Gasteiger charge is 2.53. The summed E-state index contributed by atoms with van der Waals surface area (Å²) in [6.07, 6.45) is 9.44. The highest BCUT2D eigenvalue weighted by molar-refractivity contribution is 5.43. The van der Waals surface area contributed by atoms with Crippen LogP contribution in [0.1, 0.15) is 58.3 Å². The molecule has 0 bridgehead atoms. The lowest BCUT2D eigenvalue weighted by molar-refractivity contribution is 0.138. The molecule has 3 heteroatoms. The average Bonchev–Trinajstić information content (AvgIpc) is 2.73. The second-order valence-corrected chi connectivity index (χ2v) is 8.06. The first kappa shape index (κ1) is 14.0. The predicted octanol–water partition coefficient (Wildman–Crippen LogP) is 2.43. The van der Waals surface area contributed by atoms with Crippen LogP contribution in [-0.4, -0.2) is 28.0 Å². The summed E-state index contributed by atoms with van der Waals surface area (Å²) in [5.41, 5.74) is 11.3. The number of aliphatic hydroxyl groups is 2. The van der Waals surface area contributed by atoms with Gasteiger partial charge in [0.25, 0.3) is 0 Å². The van der Waals surface area contributed by atoms with E-state index in [0.717, 1.165) is 51.4 Å². The van der Waals surface area contributed by atoms with E-state index < -0.39 is 0 Å². The number of aliphatic hydroxyl groups excluding tert-OH is 2. The van der Waals surface area contributed by atoms with Crippen LogP contribution in [0.5, 0.6) is 0 Å². The van der Waals surface area contributed by atoms with Crippen LogP contribution in [0.15, 0.2) is 22.8 Å². The van der Waals surface area contributed by atoms with Crippen molar-refractivity contribution in [2.24, 2.45) is 17.1 Å². The van der Waals surface area contributed by atoms with E-state index in [0.29, 0.717) is 5.92 Å². The van der Waals surface area contributed by atoms with Crippen LogP contribution in [-0.2, 0) is 0 Å².